The van der Waals surface area contributed by atoms with E-state index in [1.807, 2.05) is 60.7 Å². The Hall–Kier alpha value is -8.28. The van der Waals surface area contributed by atoms with Gasteiger partial charge in [-0.3, -0.25) is 0 Å². The molecule has 0 atom stereocenters. The van der Waals surface area contributed by atoms with Crippen LogP contribution in [0.15, 0.2) is 231 Å². The van der Waals surface area contributed by atoms with Crippen molar-refractivity contribution in [2.24, 2.45) is 0 Å². The minimum Gasteiger partial charge on any atom is -0.457 e. The molecular weight excluding hydrogens is 745 g/mol. The highest BCUT2D eigenvalue weighted by atomic mass is 16.5. The van der Waals surface area contributed by atoms with E-state index < -0.39 is 0 Å². The van der Waals surface area contributed by atoms with E-state index in [1.54, 1.807) is 12.4 Å². The lowest BCUT2D eigenvalue weighted by molar-refractivity contribution is 0.483. The van der Waals surface area contributed by atoms with Crippen LogP contribution >= 0.6 is 0 Å². The van der Waals surface area contributed by atoms with E-state index in [0.717, 1.165) is 89.3 Å². The molecule has 10 rings (SSSR count). The molecule has 5 nitrogen and oxygen atoms in total. The van der Waals surface area contributed by atoms with Crippen LogP contribution in [0.3, 0.4) is 0 Å². The van der Waals surface area contributed by atoms with Gasteiger partial charge in [0.05, 0.1) is 23.8 Å². The van der Waals surface area contributed by atoms with Gasteiger partial charge in [0, 0.05) is 22.3 Å². The fraction of sp³-hybridized carbons (Fsp3) is 0. The SMILES string of the molecule is c1ccc(-c2cnnc(-c3cc(Oc4cc(-c5cc(-c6ccccc6)cnn5)cc(-c5ccccc5-c5ccccc5)c4)cc(-c4ccccc4-c4ccccc4)c3)c2)cc1. The molecule has 0 saturated heterocycles. The number of benzene rings is 8. The molecule has 10 aromatic rings. The first-order valence-corrected chi connectivity index (χ1v) is 20.3. The van der Waals surface area contributed by atoms with Crippen molar-refractivity contribution in [3.8, 4) is 101 Å². The van der Waals surface area contributed by atoms with Crippen molar-refractivity contribution in [3.05, 3.63) is 231 Å². The Labute approximate surface area is 355 Å². The highest BCUT2D eigenvalue weighted by Gasteiger charge is 2.17. The van der Waals surface area contributed by atoms with Gasteiger partial charge in [-0.25, -0.2) is 0 Å². The molecule has 0 N–H and O–H groups in total. The summed E-state index contributed by atoms with van der Waals surface area (Å²) in [6.45, 7) is 0. The van der Waals surface area contributed by atoms with E-state index in [2.05, 4.69) is 178 Å². The van der Waals surface area contributed by atoms with Gasteiger partial charge >= 0.3 is 0 Å². The molecule has 2 aromatic heterocycles. The Morgan fingerprint density at radius 1 is 0.246 bits per heavy atom. The van der Waals surface area contributed by atoms with Gasteiger partial charge in [-0.05, 0) is 104 Å². The van der Waals surface area contributed by atoms with Crippen LogP contribution in [0.5, 0.6) is 11.5 Å². The first-order chi connectivity index (χ1) is 30.2. The predicted molar refractivity (Wildman–Crippen MR) is 248 cm³/mol. The maximum absolute atomic E-state index is 7.05. The number of ether oxygens (including phenoxy) is 1. The summed E-state index contributed by atoms with van der Waals surface area (Å²) in [4.78, 5) is 0. The lowest BCUT2D eigenvalue weighted by Gasteiger charge is -2.17. The van der Waals surface area contributed by atoms with Crippen molar-refractivity contribution in [3.63, 3.8) is 0 Å². The van der Waals surface area contributed by atoms with Crippen molar-refractivity contribution >= 4 is 0 Å². The molecule has 0 unspecified atom stereocenters. The van der Waals surface area contributed by atoms with Gasteiger partial charge in [-0.1, -0.05) is 170 Å². The van der Waals surface area contributed by atoms with Crippen LogP contribution in [0.25, 0.3) is 89.3 Å². The summed E-state index contributed by atoms with van der Waals surface area (Å²) in [7, 11) is 0. The molecule has 0 aliphatic heterocycles. The zero-order valence-electron chi connectivity index (χ0n) is 33.1. The van der Waals surface area contributed by atoms with E-state index >= 15 is 0 Å². The average molecular weight is 783 g/mol. The molecule has 0 aliphatic rings. The molecule has 0 bridgehead atoms. The van der Waals surface area contributed by atoms with Gasteiger partial charge in [0.1, 0.15) is 11.5 Å². The number of hydrogen-bond acceptors (Lipinski definition) is 5. The first-order valence-electron chi connectivity index (χ1n) is 20.3. The van der Waals surface area contributed by atoms with Crippen LogP contribution in [-0.2, 0) is 0 Å². The maximum atomic E-state index is 7.05. The largest absolute Gasteiger partial charge is 0.457 e. The first kappa shape index (κ1) is 37.0. The van der Waals surface area contributed by atoms with E-state index in [9.17, 15) is 0 Å². The Morgan fingerprint density at radius 2 is 0.557 bits per heavy atom. The third-order valence-electron chi connectivity index (χ3n) is 10.8. The summed E-state index contributed by atoms with van der Waals surface area (Å²) >= 11 is 0. The Kier molecular flexibility index (Phi) is 10.3. The normalized spacial score (nSPS) is 11.0. The third kappa shape index (κ3) is 8.09. The van der Waals surface area contributed by atoms with Gasteiger partial charge in [0.2, 0.25) is 0 Å². The van der Waals surface area contributed by atoms with Crippen LogP contribution in [0, 0.1) is 0 Å². The molecule has 61 heavy (non-hydrogen) atoms. The summed E-state index contributed by atoms with van der Waals surface area (Å²) in [6, 6.07) is 75.3. The quantitative estimate of drug-likeness (QED) is 0.138. The van der Waals surface area contributed by atoms with Gasteiger partial charge in [0.15, 0.2) is 0 Å². The highest BCUT2D eigenvalue weighted by Crippen LogP contribution is 2.41. The van der Waals surface area contributed by atoms with Crippen LogP contribution in [0.1, 0.15) is 0 Å². The van der Waals surface area contributed by atoms with E-state index in [-0.39, 0.29) is 0 Å². The molecule has 288 valence electrons. The molecular formula is C56H38N4O. The van der Waals surface area contributed by atoms with Crippen molar-refractivity contribution in [1.82, 2.24) is 20.4 Å². The lowest BCUT2D eigenvalue weighted by atomic mass is 9.92. The summed E-state index contributed by atoms with van der Waals surface area (Å²) in [6.07, 6.45) is 3.61. The average Bonchev–Trinajstić information content (AvgIpc) is 3.35. The van der Waals surface area contributed by atoms with Crippen LogP contribution in [0.2, 0.25) is 0 Å². The number of aromatic nitrogens is 4. The second-order valence-electron chi connectivity index (χ2n) is 14.8. The van der Waals surface area contributed by atoms with Gasteiger partial charge in [-0.15, -0.1) is 0 Å². The van der Waals surface area contributed by atoms with Crippen LogP contribution in [-0.4, -0.2) is 20.4 Å². The van der Waals surface area contributed by atoms with Crippen LogP contribution in [0.4, 0.5) is 0 Å². The molecule has 0 aliphatic carbocycles. The predicted octanol–water partition coefficient (Wildman–Crippen LogP) is 14.4. The van der Waals surface area contributed by atoms with Gasteiger partial charge in [-0.2, -0.15) is 20.4 Å². The smallest absolute Gasteiger partial charge is 0.128 e. The topological polar surface area (TPSA) is 60.8 Å². The Bertz CT molecular complexity index is 2890. The van der Waals surface area contributed by atoms with E-state index in [0.29, 0.717) is 11.5 Å². The molecule has 0 spiro atoms. The molecule has 0 fully saturated rings. The molecule has 5 heteroatoms. The van der Waals surface area contributed by atoms with Crippen molar-refractivity contribution < 1.29 is 4.74 Å². The monoisotopic (exact) mass is 782 g/mol. The molecule has 0 radical (unpaired) electrons. The fourth-order valence-corrected chi connectivity index (χ4v) is 7.86. The summed E-state index contributed by atoms with van der Waals surface area (Å²) in [5.41, 5.74) is 16.0. The Morgan fingerprint density at radius 3 is 0.934 bits per heavy atom. The summed E-state index contributed by atoms with van der Waals surface area (Å²) in [5, 5.41) is 18.2. The highest BCUT2D eigenvalue weighted by molar-refractivity contribution is 5.88. The minimum atomic E-state index is 0.658. The van der Waals surface area contributed by atoms with Crippen molar-refractivity contribution in [2.75, 3.05) is 0 Å². The maximum Gasteiger partial charge on any atom is 0.128 e. The van der Waals surface area contributed by atoms with E-state index in [1.165, 1.54) is 0 Å². The molecule has 0 saturated carbocycles. The van der Waals surface area contributed by atoms with E-state index in [4.69, 9.17) is 4.74 Å². The number of hydrogen-bond donors (Lipinski definition) is 0. The Balaban J connectivity index is 1.14. The standard InChI is InChI=1S/C56H38N4O/c1-5-17-39(18-6-1)47-35-55(59-57-37-47)45-29-43(53-27-15-13-25-51(53)41-21-9-3-10-22-41)31-49(33-45)61-50-32-44(54-28-16-14-26-52(54)42-23-11-4-12-24-42)30-46(34-50)56-36-48(38-58-60-56)40-19-7-2-8-20-40/h1-38H. The molecule has 8 aromatic carbocycles. The zero-order valence-corrected chi connectivity index (χ0v) is 33.1. The summed E-state index contributed by atoms with van der Waals surface area (Å²) in [5.74, 6) is 1.32. The number of rotatable bonds is 10. The van der Waals surface area contributed by atoms with Crippen molar-refractivity contribution in [2.45, 2.75) is 0 Å². The van der Waals surface area contributed by atoms with Gasteiger partial charge in [0.25, 0.3) is 0 Å². The second kappa shape index (κ2) is 16.9. The minimum absolute atomic E-state index is 0.658. The zero-order chi connectivity index (χ0) is 40.8. The summed E-state index contributed by atoms with van der Waals surface area (Å²) < 4.78 is 7.05. The van der Waals surface area contributed by atoms with Gasteiger partial charge < -0.3 is 4.74 Å². The van der Waals surface area contributed by atoms with Crippen molar-refractivity contribution in [1.29, 1.82) is 0 Å². The molecule has 2 heterocycles. The fourth-order valence-electron chi connectivity index (χ4n) is 7.86. The third-order valence-corrected chi connectivity index (χ3v) is 10.8. The number of nitrogens with zero attached hydrogens (tertiary/aromatic N) is 4. The lowest BCUT2D eigenvalue weighted by Crippen LogP contribution is -1.95. The second-order valence-corrected chi connectivity index (χ2v) is 14.8. The molecule has 0 amide bonds. The van der Waals surface area contributed by atoms with Crippen LogP contribution < -0.4 is 4.74 Å².